The van der Waals surface area contributed by atoms with Crippen LogP contribution in [0.5, 0.6) is 0 Å². The molecular weight excluding hydrogens is 289 g/mol. The Labute approximate surface area is 121 Å². The Bertz CT molecular complexity index is 504. The van der Waals surface area contributed by atoms with E-state index in [0.29, 0.717) is 15.7 Å². The molecule has 7 heteroatoms. The van der Waals surface area contributed by atoms with Gasteiger partial charge < -0.3 is 16.3 Å². The number of anilines is 1. The topological polar surface area (TPSA) is 87.7 Å². The van der Waals surface area contributed by atoms with Crippen molar-refractivity contribution in [1.29, 1.82) is 0 Å². The minimum Gasteiger partial charge on any atom is -0.409 e. The number of amides is 1. The molecule has 0 radical (unpaired) electrons. The van der Waals surface area contributed by atoms with Gasteiger partial charge in [0.1, 0.15) is 5.92 Å². The fraction of sp³-hybridized carbons (Fsp3) is 0.333. The first-order valence-corrected chi connectivity index (χ1v) is 6.35. The molecule has 1 unspecified atom stereocenters. The van der Waals surface area contributed by atoms with E-state index >= 15 is 0 Å². The maximum atomic E-state index is 12.1. The zero-order chi connectivity index (χ0) is 14.6. The fourth-order valence-corrected chi connectivity index (χ4v) is 1.93. The molecule has 19 heavy (non-hydrogen) atoms. The average molecular weight is 304 g/mol. The van der Waals surface area contributed by atoms with Crippen molar-refractivity contribution in [3.05, 3.63) is 28.2 Å². The monoisotopic (exact) mass is 303 g/mol. The van der Waals surface area contributed by atoms with E-state index in [1.165, 1.54) is 6.07 Å². The van der Waals surface area contributed by atoms with Crippen LogP contribution in [-0.4, -0.2) is 17.0 Å². The van der Waals surface area contributed by atoms with Gasteiger partial charge in [0.15, 0.2) is 5.84 Å². The van der Waals surface area contributed by atoms with Crippen molar-refractivity contribution in [1.82, 2.24) is 0 Å². The van der Waals surface area contributed by atoms with Gasteiger partial charge >= 0.3 is 0 Å². The molecular formula is C12H15Cl2N3O2. The van der Waals surface area contributed by atoms with Gasteiger partial charge in [0.25, 0.3) is 0 Å². The number of carbonyl (C=O) groups is 1. The molecule has 1 amide bonds. The Hall–Kier alpha value is -1.46. The van der Waals surface area contributed by atoms with Gasteiger partial charge in [-0.05, 0) is 24.1 Å². The summed E-state index contributed by atoms with van der Waals surface area (Å²) in [7, 11) is 0. The Morgan fingerprint density at radius 3 is 2.47 bits per heavy atom. The van der Waals surface area contributed by atoms with E-state index in [-0.39, 0.29) is 17.7 Å². The van der Waals surface area contributed by atoms with Gasteiger partial charge in [0.05, 0.1) is 10.0 Å². The number of rotatable bonds is 4. The predicted octanol–water partition coefficient (Wildman–Crippen LogP) is 2.95. The molecule has 1 aromatic rings. The van der Waals surface area contributed by atoms with Crippen LogP contribution < -0.4 is 11.1 Å². The van der Waals surface area contributed by atoms with Crippen LogP contribution >= 0.6 is 23.2 Å². The zero-order valence-electron chi connectivity index (χ0n) is 10.5. The van der Waals surface area contributed by atoms with Crippen LogP contribution in [0.2, 0.25) is 10.0 Å². The molecule has 0 fully saturated rings. The summed E-state index contributed by atoms with van der Waals surface area (Å²) in [6.07, 6.45) is 0. The molecule has 5 nitrogen and oxygen atoms in total. The molecule has 1 rings (SSSR count). The Balaban J connectivity index is 2.90. The van der Waals surface area contributed by atoms with Gasteiger partial charge in [-0.2, -0.15) is 0 Å². The quantitative estimate of drug-likeness (QED) is 0.346. The maximum absolute atomic E-state index is 12.1. The van der Waals surface area contributed by atoms with E-state index in [2.05, 4.69) is 10.5 Å². The minimum absolute atomic E-state index is 0.112. The van der Waals surface area contributed by atoms with E-state index in [9.17, 15) is 4.79 Å². The van der Waals surface area contributed by atoms with Crippen LogP contribution in [0.4, 0.5) is 5.69 Å². The second kappa shape index (κ2) is 6.63. The molecule has 0 saturated carbocycles. The number of nitrogens with two attached hydrogens (primary N) is 1. The number of oxime groups is 1. The predicted molar refractivity (Wildman–Crippen MR) is 76.8 cm³/mol. The molecule has 0 aliphatic rings. The Morgan fingerprint density at radius 2 is 2.00 bits per heavy atom. The van der Waals surface area contributed by atoms with Crippen LogP contribution in [0.1, 0.15) is 13.8 Å². The zero-order valence-corrected chi connectivity index (χ0v) is 12.0. The lowest BCUT2D eigenvalue weighted by Gasteiger charge is -2.18. The van der Waals surface area contributed by atoms with Crippen LogP contribution in [0.25, 0.3) is 0 Å². The van der Waals surface area contributed by atoms with E-state index in [4.69, 9.17) is 34.1 Å². The third-order valence-electron chi connectivity index (χ3n) is 2.57. The highest BCUT2D eigenvalue weighted by Gasteiger charge is 2.26. The van der Waals surface area contributed by atoms with Crippen molar-refractivity contribution in [2.45, 2.75) is 13.8 Å². The summed E-state index contributed by atoms with van der Waals surface area (Å²) in [5.41, 5.74) is 6.01. The first-order valence-electron chi connectivity index (χ1n) is 5.60. The van der Waals surface area contributed by atoms with E-state index < -0.39 is 5.92 Å². The number of hydrogen-bond donors (Lipinski definition) is 3. The molecule has 0 aliphatic heterocycles. The van der Waals surface area contributed by atoms with Gasteiger partial charge in [-0.1, -0.05) is 42.2 Å². The number of halogens is 2. The van der Waals surface area contributed by atoms with Crippen LogP contribution in [0, 0.1) is 11.8 Å². The lowest BCUT2D eigenvalue weighted by Crippen LogP contribution is -2.38. The number of nitrogens with zero attached hydrogens (tertiary/aromatic N) is 1. The smallest absolute Gasteiger partial charge is 0.235 e. The number of hydrogen-bond acceptors (Lipinski definition) is 3. The van der Waals surface area contributed by atoms with Gasteiger partial charge in [-0.25, -0.2) is 0 Å². The standard InChI is InChI=1S/C12H15Cl2N3O2/c1-6(2)10(11(15)17-19)12(18)16-7-3-4-8(13)9(14)5-7/h3-6,10,19H,1-2H3,(H2,15,17)(H,16,18). The third kappa shape index (κ3) is 4.01. The molecule has 0 aromatic heterocycles. The van der Waals surface area contributed by atoms with Gasteiger partial charge in [-0.15, -0.1) is 0 Å². The largest absolute Gasteiger partial charge is 0.409 e. The summed E-state index contributed by atoms with van der Waals surface area (Å²) < 4.78 is 0. The molecule has 0 bridgehead atoms. The van der Waals surface area contributed by atoms with Gasteiger partial charge in [0, 0.05) is 5.69 Å². The van der Waals surface area contributed by atoms with Crippen molar-refractivity contribution in [2.24, 2.45) is 22.7 Å². The lowest BCUT2D eigenvalue weighted by molar-refractivity contribution is -0.119. The van der Waals surface area contributed by atoms with Gasteiger partial charge in [-0.3, -0.25) is 4.79 Å². The summed E-state index contributed by atoms with van der Waals surface area (Å²) in [5, 5.41) is 15.0. The van der Waals surface area contributed by atoms with Gasteiger partial charge in [0.2, 0.25) is 5.91 Å². The summed E-state index contributed by atoms with van der Waals surface area (Å²) in [6, 6.07) is 4.73. The average Bonchev–Trinajstić information content (AvgIpc) is 2.33. The SMILES string of the molecule is CC(C)C(C(=O)Nc1ccc(Cl)c(Cl)c1)C(N)=NO. The molecule has 4 N–H and O–H groups in total. The van der Waals surface area contributed by atoms with E-state index in [0.717, 1.165) is 0 Å². The minimum atomic E-state index is -0.723. The molecule has 0 aliphatic carbocycles. The second-order valence-electron chi connectivity index (χ2n) is 4.36. The van der Waals surface area contributed by atoms with Crippen molar-refractivity contribution in [3.63, 3.8) is 0 Å². The van der Waals surface area contributed by atoms with E-state index in [1.54, 1.807) is 26.0 Å². The molecule has 0 saturated heterocycles. The normalized spacial score (nSPS) is 13.4. The molecule has 0 spiro atoms. The molecule has 104 valence electrons. The maximum Gasteiger partial charge on any atom is 0.235 e. The summed E-state index contributed by atoms with van der Waals surface area (Å²) in [4.78, 5) is 12.1. The second-order valence-corrected chi connectivity index (χ2v) is 5.18. The molecule has 1 aromatic carbocycles. The summed E-state index contributed by atoms with van der Waals surface area (Å²) in [5.74, 6) is -1.34. The highest BCUT2D eigenvalue weighted by molar-refractivity contribution is 6.42. The van der Waals surface area contributed by atoms with Crippen LogP contribution in [-0.2, 0) is 4.79 Å². The number of amidine groups is 1. The van der Waals surface area contributed by atoms with Crippen molar-refractivity contribution >= 4 is 40.6 Å². The highest BCUT2D eigenvalue weighted by atomic mass is 35.5. The molecule has 1 atom stereocenters. The first kappa shape index (κ1) is 15.6. The van der Waals surface area contributed by atoms with Crippen LogP contribution in [0.3, 0.4) is 0 Å². The summed E-state index contributed by atoms with van der Waals surface area (Å²) in [6.45, 7) is 3.61. The van der Waals surface area contributed by atoms with E-state index in [1.807, 2.05) is 0 Å². The highest BCUT2D eigenvalue weighted by Crippen LogP contribution is 2.25. The molecule has 0 heterocycles. The summed E-state index contributed by atoms with van der Waals surface area (Å²) >= 11 is 11.6. The number of nitrogens with one attached hydrogen (secondary N) is 1. The van der Waals surface area contributed by atoms with Crippen LogP contribution in [0.15, 0.2) is 23.4 Å². The fourth-order valence-electron chi connectivity index (χ4n) is 1.63. The van der Waals surface area contributed by atoms with Crippen molar-refractivity contribution in [2.75, 3.05) is 5.32 Å². The van der Waals surface area contributed by atoms with Crippen molar-refractivity contribution < 1.29 is 10.0 Å². The lowest BCUT2D eigenvalue weighted by atomic mass is 9.94. The first-order chi connectivity index (χ1) is 8.86. The third-order valence-corrected chi connectivity index (χ3v) is 3.31. The number of benzene rings is 1. The Morgan fingerprint density at radius 1 is 1.37 bits per heavy atom. The Kier molecular flexibility index (Phi) is 5.44. The van der Waals surface area contributed by atoms with Crippen molar-refractivity contribution in [3.8, 4) is 0 Å². The number of carbonyl (C=O) groups excluding carboxylic acids is 1.